The van der Waals surface area contributed by atoms with Crippen molar-refractivity contribution < 1.29 is 19.0 Å². The molecule has 2 aliphatic heterocycles. The molecule has 2 heterocycles. The van der Waals surface area contributed by atoms with Crippen LogP contribution in [0.1, 0.15) is 24.8 Å². The second kappa shape index (κ2) is 6.75. The molecule has 0 aromatic heterocycles. The van der Waals surface area contributed by atoms with Gasteiger partial charge in [-0.2, -0.15) is 0 Å². The minimum atomic E-state index is -0.281. The lowest BCUT2D eigenvalue weighted by Crippen LogP contribution is -2.38. The van der Waals surface area contributed by atoms with E-state index in [2.05, 4.69) is 0 Å². The molecule has 1 unspecified atom stereocenters. The molecule has 2 atom stereocenters. The number of ether oxygens (including phenoxy) is 3. The quantitative estimate of drug-likeness (QED) is 0.783. The maximum Gasteiger partial charge on any atom is 0.336 e. The van der Waals surface area contributed by atoms with Crippen molar-refractivity contribution in [3.05, 3.63) is 65.9 Å². The van der Waals surface area contributed by atoms with Gasteiger partial charge in [-0.25, -0.2) is 4.79 Å². The molecule has 5 nitrogen and oxygen atoms in total. The number of carbonyl (C=O) groups excluding carboxylic acids is 1. The van der Waals surface area contributed by atoms with Gasteiger partial charge < -0.3 is 19.1 Å². The Hall–Kier alpha value is -2.95. The van der Waals surface area contributed by atoms with Crippen molar-refractivity contribution >= 4 is 11.7 Å². The summed E-state index contributed by atoms with van der Waals surface area (Å²) < 4.78 is 16.7. The number of carbonyl (C=O) groups is 1. The summed E-state index contributed by atoms with van der Waals surface area (Å²) in [6.45, 7) is 2.17. The van der Waals surface area contributed by atoms with Gasteiger partial charge in [0, 0.05) is 18.5 Å². The normalized spacial score (nSPS) is 20.5. The average molecular weight is 351 g/mol. The zero-order valence-electron chi connectivity index (χ0n) is 14.8. The molecule has 2 aromatic rings. The molecule has 0 amide bonds. The van der Waals surface area contributed by atoms with Gasteiger partial charge in [0.05, 0.1) is 25.0 Å². The van der Waals surface area contributed by atoms with Crippen LogP contribution in [0.25, 0.3) is 0 Å². The van der Waals surface area contributed by atoms with E-state index in [0.29, 0.717) is 18.6 Å². The highest BCUT2D eigenvalue weighted by Crippen LogP contribution is 2.45. The standard InChI is InChI=1S/C21H21NO4/c1-3-25-21(23)17-13-22-18-6-4-5-7-19(18)26-20(22)12-16(17)14-8-10-15(24-2)11-9-14/h4-11,13,16,20H,3,12H2,1-2H3/t16-,20?/m0/s1. The monoisotopic (exact) mass is 351 g/mol. The molecule has 0 N–H and O–H groups in total. The second-order valence-corrected chi connectivity index (χ2v) is 6.31. The van der Waals surface area contributed by atoms with Crippen LogP contribution in [-0.2, 0) is 9.53 Å². The Morgan fingerprint density at radius 1 is 1.19 bits per heavy atom. The lowest BCUT2D eigenvalue weighted by molar-refractivity contribution is -0.139. The number of nitrogens with zero attached hydrogens (tertiary/aromatic N) is 1. The maximum absolute atomic E-state index is 12.6. The first-order valence-electron chi connectivity index (χ1n) is 8.78. The predicted molar refractivity (Wildman–Crippen MR) is 98.4 cm³/mol. The average Bonchev–Trinajstić information content (AvgIpc) is 3.05. The number of hydrogen-bond donors (Lipinski definition) is 0. The van der Waals surface area contributed by atoms with E-state index in [1.165, 1.54) is 0 Å². The van der Waals surface area contributed by atoms with Gasteiger partial charge in [-0.3, -0.25) is 0 Å². The second-order valence-electron chi connectivity index (χ2n) is 6.31. The molecular weight excluding hydrogens is 330 g/mol. The Bertz CT molecular complexity index is 843. The van der Waals surface area contributed by atoms with Crippen molar-refractivity contribution in [2.75, 3.05) is 18.6 Å². The van der Waals surface area contributed by atoms with Crippen molar-refractivity contribution in [1.82, 2.24) is 0 Å². The van der Waals surface area contributed by atoms with Crippen molar-refractivity contribution in [3.63, 3.8) is 0 Å². The summed E-state index contributed by atoms with van der Waals surface area (Å²) in [6, 6.07) is 15.7. The Labute approximate surface area is 152 Å². The minimum absolute atomic E-state index is 0.0875. The number of esters is 1. The first-order chi connectivity index (χ1) is 12.7. The number of fused-ring (bicyclic) bond motifs is 3. The molecule has 0 spiro atoms. The maximum atomic E-state index is 12.6. The topological polar surface area (TPSA) is 48.0 Å². The fourth-order valence-electron chi connectivity index (χ4n) is 3.57. The highest BCUT2D eigenvalue weighted by molar-refractivity contribution is 5.91. The molecule has 0 fully saturated rings. The van der Waals surface area contributed by atoms with Crippen LogP contribution in [0.2, 0.25) is 0 Å². The van der Waals surface area contributed by atoms with Gasteiger partial charge >= 0.3 is 5.97 Å². The summed E-state index contributed by atoms with van der Waals surface area (Å²) in [6.07, 6.45) is 2.43. The van der Waals surface area contributed by atoms with Crippen LogP contribution in [0.5, 0.6) is 11.5 Å². The van der Waals surface area contributed by atoms with Crippen molar-refractivity contribution in [1.29, 1.82) is 0 Å². The Morgan fingerprint density at radius 2 is 1.96 bits per heavy atom. The SMILES string of the molecule is CCOC(=O)C1=CN2c3ccccc3OC2C[C@H]1c1ccc(OC)cc1. The number of rotatable bonds is 4. The van der Waals surface area contributed by atoms with E-state index in [4.69, 9.17) is 14.2 Å². The summed E-state index contributed by atoms with van der Waals surface area (Å²) in [4.78, 5) is 14.7. The molecular formula is C21H21NO4. The minimum Gasteiger partial charge on any atom is -0.497 e. The smallest absolute Gasteiger partial charge is 0.336 e. The van der Waals surface area contributed by atoms with Gasteiger partial charge in [-0.05, 0) is 36.8 Å². The summed E-state index contributed by atoms with van der Waals surface area (Å²) in [7, 11) is 1.64. The fraction of sp³-hybridized carbons (Fsp3) is 0.286. The molecule has 0 radical (unpaired) electrons. The van der Waals surface area contributed by atoms with Crippen LogP contribution in [0.3, 0.4) is 0 Å². The largest absolute Gasteiger partial charge is 0.497 e. The lowest BCUT2D eigenvalue weighted by Gasteiger charge is -2.33. The molecule has 0 bridgehead atoms. The third-order valence-electron chi connectivity index (χ3n) is 4.84. The molecule has 0 saturated carbocycles. The molecule has 4 rings (SSSR count). The number of anilines is 1. The summed E-state index contributed by atoms with van der Waals surface area (Å²) in [5.41, 5.74) is 2.67. The number of para-hydroxylation sites is 2. The summed E-state index contributed by atoms with van der Waals surface area (Å²) in [5.74, 6) is 1.26. The first-order valence-corrected chi connectivity index (χ1v) is 8.78. The molecule has 134 valence electrons. The van der Waals surface area contributed by atoms with Crippen LogP contribution < -0.4 is 14.4 Å². The predicted octanol–water partition coefficient (Wildman–Crippen LogP) is 3.85. The summed E-state index contributed by atoms with van der Waals surface area (Å²) >= 11 is 0. The highest BCUT2D eigenvalue weighted by atomic mass is 16.5. The van der Waals surface area contributed by atoms with Crippen LogP contribution in [0.4, 0.5) is 5.69 Å². The van der Waals surface area contributed by atoms with Gasteiger partial charge in [0.2, 0.25) is 0 Å². The zero-order chi connectivity index (χ0) is 18.1. The van der Waals surface area contributed by atoms with E-state index in [9.17, 15) is 4.79 Å². The van der Waals surface area contributed by atoms with Gasteiger partial charge in [-0.1, -0.05) is 24.3 Å². The Balaban J connectivity index is 1.73. The lowest BCUT2D eigenvalue weighted by atomic mass is 9.85. The van der Waals surface area contributed by atoms with E-state index in [1.54, 1.807) is 7.11 Å². The van der Waals surface area contributed by atoms with Gasteiger partial charge in [0.15, 0.2) is 6.23 Å². The van der Waals surface area contributed by atoms with Crippen molar-refractivity contribution in [3.8, 4) is 11.5 Å². The van der Waals surface area contributed by atoms with Gasteiger partial charge in [0.1, 0.15) is 11.5 Å². The highest BCUT2D eigenvalue weighted by Gasteiger charge is 2.40. The molecule has 2 aromatic carbocycles. The van der Waals surface area contributed by atoms with Crippen molar-refractivity contribution in [2.24, 2.45) is 0 Å². The van der Waals surface area contributed by atoms with Crippen LogP contribution in [0.15, 0.2) is 60.3 Å². The third-order valence-corrected chi connectivity index (χ3v) is 4.84. The molecule has 2 aliphatic rings. The van der Waals surface area contributed by atoms with Crippen LogP contribution in [-0.4, -0.2) is 25.9 Å². The third kappa shape index (κ3) is 2.79. The summed E-state index contributed by atoms with van der Waals surface area (Å²) in [5, 5.41) is 0. The zero-order valence-corrected chi connectivity index (χ0v) is 14.8. The Morgan fingerprint density at radius 3 is 2.69 bits per heavy atom. The van der Waals surface area contributed by atoms with Crippen LogP contribution in [0, 0.1) is 0 Å². The number of benzene rings is 2. The molecule has 0 aliphatic carbocycles. The van der Waals surface area contributed by atoms with Crippen molar-refractivity contribution in [2.45, 2.75) is 25.5 Å². The Kier molecular flexibility index (Phi) is 4.29. The van der Waals surface area contributed by atoms with Gasteiger partial charge in [-0.15, -0.1) is 0 Å². The van der Waals surface area contributed by atoms with E-state index >= 15 is 0 Å². The molecule has 0 saturated heterocycles. The fourth-order valence-corrected chi connectivity index (χ4v) is 3.57. The first kappa shape index (κ1) is 16.5. The van der Waals surface area contributed by atoms with E-state index in [0.717, 1.165) is 22.7 Å². The number of hydrogen-bond acceptors (Lipinski definition) is 5. The van der Waals surface area contributed by atoms with Crippen LogP contribution >= 0.6 is 0 Å². The molecule has 26 heavy (non-hydrogen) atoms. The van der Waals surface area contributed by atoms with Gasteiger partial charge in [0.25, 0.3) is 0 Å². The number of methoxy groups -OCH3 is 1. The molecule has 5 heteroatoms. The van der Waals surface area contributed by atoms with E-state index in [1.807, 2.05) is 66.6 Å². The van der Waals surface area contributed by atoms with E-state index < -0.39 is 0 Å². The van der Waals surface area contributed by atoms with E-state index in [-0.39, 0.29) is 18.1 Å².